The molecule has 0 aliphatic heterocycles. The average Bonchev–Trinajstić information content (AvgIpc) is 2.86. The molecule has 0 bridgehead atoms. The molecule has 3 aromatic carbocycles. The molecule has 0 fully saturated rings. The first-order valence-corrected chi connectivity index (χ1v) is 13.7. The first-order valence-electron chi connectivity index (χ1n) is 11.8. The van der Waals surface area contributed by atoms with E-state index >= 15 is 4.39 Å². The smallest absolute Gasteiger partial charge is 0.259 e. The number of sulfone groups is 1. The molecule has 4 rings (SSSR count). The van der Waals surface area contributed by atoms with Crippen LogP contribution in [0.5, 0.6) is 0 Å². The molecular formula is C29H28F2N2O3S. The van der Waals surface area contributed by atoms with Crippen LogP contribution in [0.3, 0.4) is 0 Å². The Bertz CT molecular complexity index is 1630. The Kier molecular flexibility index (Phi) is 7.43. The summed E-state index contributed by atoms with van der Waals surface area (Å²) in [4.78, 5) is 13.7. The average molecular weight is 523 g/mol. The molecule has 1 heterocycles. The van der Waals surface area contributed by atoms with Crippen LogP contribution in [0, 0.1) is 25.5 Å². The largest absolute Gasteiger partial charge is 0.322 e. The quantitative estimate of drug-likeness (QED) is 0.366. The van der Waals surface area contributed by atoms with Gasteiger partial charge in [-0.15, -0.1) is 0 Å². The van der Waals surface area contributed by atoms with Gasteiger partial charge in [-0.3, -0.25) is 4.79 Å². The zero-order chi connectivity index (χ0) is 26.9. The second kappa shape index (κ2) is 10.4. The van der Waals surface area contributed by atoms with Gasteiger partial charge < -0.3 is 10.3 Å². The van der Waals surface area contributed by atoms with Crippen LogP contribution >= 0.6 is 0 Å². The van der Waals surface area contributed by atoms with Gasteiger partial charge in [0.25, 0.3) is 5.56 Å². The zero-order valence-corrected chi connectivity index (χ0v) is 21.6. The van der Waals surface area contributed by atoms with Crippen molar-refractivity contribution in [3.63, 3.8) is 0 Å². The van der Waals surface area contributed by atoms with Crippen molar-refractivity contribution in [2.45, 2.75) is 37.8 Å². The van der Waals surface area contributed by atoms with Gasteiger partial charge in [-0.1, -0.05) is 54.6 Å². The zero-order valence-electron chi connectivity index (χ0n) is 20.8. The second-order valence-corrected chi connectivity index (χ2v) is 11.1. The highest BCUT2D eigenvalue weighted by Crippen LogP contribution is 2.31. The van der Waals surface area contributed by atoms with E-state index in [4.69, 9.17) is 5.73 Å². The van der Waals surface area contributed by atoms with Gasteiger partial charge in [0.2, 0.25) is 0 Å². The molecule has 0 saturated carbocycles. The third kappa shape index (κ3) is 5.26. The lowest BCUT2D eigenvalue weighted by atomic mass is 9.92. The van der Waals surface area contributed by atoms with Gasteiger partial charge in [0.15, 0.2) is 9.84 Å². The van der Waals surface area contributed by atoms with Crippen LogP contribution in [0.2, 0.25) is 0 Å². The molecule has 0 radical (unpaired) electrons. The van der Waals surface area contributed by atoms with Crippen LogP contribution in [0.15, 0.2) is 82.5 Å². The number of benzene rings is 3. The van der Waals surface area contributed by atoms with Gasteiger partial charge >= 0.3 is 0 Å². The van der Waals surface area contributed by atoms with E-state index in [2.05, 4.69) is 0 Å². The fourth-order valence-corrected chi connectivity index (χ4v) is 5.67. The highest BCUT2D eigenvalue weighted by Gasteiger charge is 2.24. The number of nitrogens with zero attached hydrogens (tertiary/aromatic N) is 1. The van der Waals surface area contributed by atoms with Crippen molar-refractivity contribution >= 4 is 9.84 Å². The summed E-state index contributed by atoms with van der Waals surface area (Å²) in [5.41, 5.74) is 8.60. The van der Waals surface area contributed by atoms with E-state index < -0.39 is 33.1 Å². The Balaban J connectivity index is 1.98. The lowest BCUT2D eigenvalue weighted by Gasteiger charge is -2.23. The standard InChI is InChI=1S/C29H28F2N2O3S/c1-18-22(16-23-25(31)14-9-15-27(23)37(3,35)36)19(2)33(17-26(32)20-10-5-4-6-11-20)29(34)28(18)21-12-7-8-13-24(21)30/h4-15,26H,16-17,32H2,1-3H3. The first-order chi connectivity index (χ1) is 17.5. The van der Waals surface area contributed by atoms with Crippen LogP contribution in [0.25, 0.3) is 11.1 Å². The number of rotatable bonds is 7. The molecule has 1 unspecified atom stereocenters. The predicted octanol–water partition coefficient (Wildman–Crippen LogP) is 5.10. The van der Waals surface area contributed by atoms with Gasteiger partial charge in [0.1, 0.15) is 11.6 Å². The van der Waals surface area contributed by atoms with Crippen molar-refractivity contribution in [1.82, 2.24) is 4.57 Å². The van der Waals surface area contributed by atoms with Crippen molar-refractivity contribution in [1.29, 1.82) is 0 Å². The molecule has 2 N–H and O–H groups in total. The van der Waals surface area contributed by atoms with E-state index in [0.29, 0.717) is 16.8 Å². The maximum absolute atomic E-state index is 15.0. The van der Waals surface area contributed by atoms with Crippen molar-refractivity contribution in [3.05, 3.63) is 123 Å². The molecule has 37 heavy (non-hydrogen) atoms. The number of halogens is 2. The van der Waals surface area contributed by atoms with Crippen LogP contribution in [-0.2, 0) is 22.8 Å². The minimum absolute atomic E-state index is 0.00626. The Morgan fingerprint density at radius 3 is 2.14 bits per heavy atom. The van der Waals surface area contributed by atoms with Crippen molar-refractivity contribution in [3.8, 4) is 11.1 Å². The Morgan fingerprint density at radius 2 is 1.49 bits per heavy atom. The van der Waals surface area contributed by atoms with Crippen LogP contribution in [-0.4, -0.2) is 19.2 Å². The Hall–Kier alpha value is -3.62. The molecule has 5 nitrogen and oxygen atoms in total. The molecule has 192 valence electrons. The molecule has 4 aromatic rings. The number of hydrogen-bond donors (Lipinski definition) is 1. The van der Waals surface area contributed by atoms with Crippen molar-refractivity contribution < 1.29 is 17.2 Å². The SMILES string of the molecule is Cc1c(Cc2c(F)cccc2S(C)(=O)=O)c(C)n(CC(N)c2ccccc2)c(=O)c1-c1ccccc1F. The fraction of sp³-hybridized carbons (Fsp3) is 0.207. The molecule has 1 atom stereocenters. The van der Waals surface area contributed by atoms with Crippen LogP contribution in [0.1, 0.15) is 34.0 Å². The van der Waals surface area contributed by atoms with E-state index in [9.17, 15) is 17.6 Å². The molecule has 1 aromatic heterocycles. The van der Waals surface area contributed by atoms with Gasteiger partial charge in [0.05, 0.1) is 10.5 Å². The number of aromatic nitrogens is 1. The Morgan fingerprint density at radius 1 is 0.865 bits per heavy atom. The fourth-order valence-electron chi connectivity index (χ4n) is 4.73. The summed E-state index contributed by atoms with van der Waals surface area (Å²) >= 11 is 0. The molecule has 0 spiro atoms. The molecule has 8 heteroatoms. The summed E-state index contributed by atoms with van der Waals surface area (Å²) in [5, 5.41) is 0. The third-order valence-electron chi connectivity index (χ3n) is 6.71. The summed E-state index contributed by atoms with van der Waals surface area (Å²) in [6.45, 7) is 3.49. The Labute approximate surface area is 215 Å². The molecule has 0 aliphatic carbocycles. The number of hydrogen-bond acceptors (Lipinski definition) is 4. The van der Waals surface area contributed by atoms with E-state index in [1.54, 1.807) is 19.9 Å². The lowest BCUT2D eigenvalue weighted by Crippen LogP contribution is -2.31. The highest BCUT2D eigenvalue weighted by atomic mass is 32.2. The number of nitrogens with two attached hydrogens (primary N) is 1. The monoisotopic (exact) mass is 522 g/mol. The summed E-state index contributed by atoms with van der Waals surface area (Å²) in [6, 6.07) is 18.6. The minimum atomic E-state index is -3.73. The summed E-state index contributed by atoms with van der Waals surface area (Å²) in [5.74, 6) is -1.24. The van der Waals surface area contributed by atoms with E-state index in [1.807, 2.05) is 30.3 Å². The molecule has 0 amide bonds. The maximum Gasteiger partial charge on any atom is 0.259 e. The van der Waals surface area contributed by atoms with Crippen LogP contribution < -0.4 is 11.3 Å². The van der Waals surface area contributed by atoms with Gasteiger partial charge in [-0.05, 0) is 48.7 Å². The van der Waals surface area contributed by atoms with Crippen molar-refractivity contribution in [2.75, 3.05) is 6.26 Å². The lowest BCUT2D eigenvalue weighted by molar-refractivity contribution is 0.546. The van der Waals surface area contributed by atoms with Crippen molar-refractivity contribution in [2.24, 2.45) is 5.73 Å². The summed E-state index contributed by atoms with van der Waals surface area (Å²) in [6.07, 6.45) is 0.921. The normalized spacial score (nSPS) is 12.5. The van der Waals surface area contributed by atoms with Gasteiger partial charge in [-0.25, -0.2) is 17.2 Å². The maximum atomic E-state index is 15.0. The topological polar surface area (TPSA) is 82.2 Å². The molecule has 0 saturated heterocycles. The summed E-state index contributed by atoms with van der Waals surface area (Å²) < 4.78 is 56.3. The van der Waals surface area contributed by atoms with E-state index in [1.165, 1.54) is 41.0 Å². The third-order valence-corrected chi connectivity index (χ3v) is 7.89. The summed E-state index contributed by atoms with van der Waals surface area (Å²) in [7, 11) is -3.73. The van der Waals surface area contributed by atoms with Gasteiger partial charge in [-0.2, -0.15) is 0 Å². The molecule has 0 aliphatic rings. The van der Waals surface area contributed by atoms with Gasteiger partial charge in [0, 0.05) is 42.1 Å². The molecular weight excluding hydrogens is 494 g/mol. The van der Waals surface area contributed by atoms with Crippen LogP contribution in [0.4, 0.5) is 8.78 Å². The number of pyridine rings is 1. The first kappa shape index (κ1) is 26.4. The highest BCUT2D eigenvalue weighted by molar-refractivity contribution is 7.90. The van der Waals surface area contributed by atoms with E-state index in [0.717, 1.165) is 11.8 Å². The second-order valence-electron chi connectivity index (χ2n) is 9.14. The minimum Gasteiger partial charge on any atom is -0.322 e. The predicted molar refractivity (Wildman–Crippen MR) is 141 cm³/mol. The van der Waals surface area contributed by atoms with E-state index in [-0.39, 0.29) is 34.6 Å².